The molecule has 1 saturated heterocycles. The van der Waals surface area contributed by atoms with Crippen LogP contribution >= 0.6 is 0 Å². The maximum atomic E-state index is 14.5. The lowest BCUT2D eigenvalue weighted by Gasteiger charge is -2.17. The molecule has 2 aliphatic heterocycles. The zero-order valence-electron chi connectivity index (χ0n) is 18.5. The zero-order chi connectivity index (χ0) is 25.5. The molecule has 2 unspecified atom stereocenters. The molecule has 0 saturated carbocycles. The molecule has 0 N–H and O–H groups in total. The molecule has 2 aliphatic rings. The highest BCUT2D eigenvalue weighted by molar-refractivity contribution is 7.87. The van der Waals surface area contributed by atoms with Crippen LogP contribution in [0.2, 0.25) is 0 Å². The average Bonchev–Trinajstić information content (AvgIpc) is 3.38. The van der Waals surface area contributed by atoms with E-state index in [0.717, 1.165) is 22.8 Å². The average molecular weight is 517 g/mol. The Morgan fingerprint density at radius 3 is 2.46 bits per heavy atom. The Bertz CT molecular complexity index is 1280. The van der Waals surface area contributed by atoms with Gasteiger partial charge >= 0.3 is 10.2 Å². The number of halogens is 5. The molecule has 1 aromatic carbocycles. The number of likely N-dealkylation sites (tertiary alicyclic amines) is 1. The summed E-state index contributed by atoms with van der Waals surface area (Å²) in [6.07, 6.45) is -0.523. The van der Waals surface area contributed by atoms with Crippen LogP contribution in [0.25, 0.3) is 11.1 Å². The van der Waals surface area contributed by atoms with Crippen LogP contribution in [-0.2, 0) is 15.0 Å². The number of rotatable bonds is 5. The second-order valence-electron chi connectivity index (χ2n) is 8.24. The predicted molar refractivity (Wildman–Crippen MR) is 116 cm³/mol. The molecule has 0 bridgehead atoms. The summed E-state index contributed by atoms with van der Waals surface area (Å²) < 4.78 is 98.6. The van der Waals surface area contributed by atoms with Crippen molar-refractivity contribution in [2.24, 2.45) is 15.5 Å². The molecule has 0 amide bonds. The molecular formula is C21H20F5N5O3S. The van der Waals surface area contributed by atoms with Gasteiger partial charge in [-0.05, 0) is 6.07 Å². The van der Waals surface area contributed by atoms with Gasteiger partial charge in [0, 0.05) is 50.5 Å². The lowest BCUT2D eigenvalue weighted by molar-refractivity contribution is 0.0827. The summed E-state index contributed by atoms with van der Waals surface area (Å²) in [5.74, 6) is -5.03. The molecule has 1 fully saturated rings. The fraction of sp³-hybridized carbons (Fsp3) is 0.381. The molecule has 3 heterocycles. The first-order chi connectivity index (χ1) is 16.5. The van der Waals surface area contributed by atoms with Gasteiger partial charge in [0.2, 0.25) is 0 Å². The van der Waals surface area contributed by atoms with Crippen molar-refractivity contribution in [1.82, 2.24) is 14.2 Å². The molecule has 0 radical (unpaired) electrons. The van der Waals surface area contributed by atoms with E-state index < -0.39 is 57.2 Å². The Morgan fingerprint density at radius 2 is 1.80 bits per heavy atom. The molecule has 0 aliphatic carbocycles. The molecule has 35 heavy (non-hydrogen) atoms. The largest absolute Gasteiger partial charge is 0.384 e. The van der Waals surface area contributed by atoms with Gasteiger partial charge in [-0.2, -0.15) is 17.1 Å². The van der Waals surface area contributed by atoms with E-state index in [1.54, 1.807) is 0 Å². The summed E-state index contributed by atoms with van der Waals surface area (Å²) in [7, 11) is -1.30. The van der Waals surface area contributed by atoms with Crippen molar-refractivity contribution < 1.29 is 35.2 Å². The summed E-state index contributed by atoms with van der Waals surface area (Å²) in [5.41, 5.74) is -0.986. The molecule has 0 spiro atoms. The summed E-state index contributed by atoms with van der Waals surface area (Å²) in [6.45, 7) is -0.0496. The second kappa shape index (κ2) is 9.49. The molecule has 14 heteroatoms. The summed E-state index contributed by atoms with van der Waals surface area (Å²) >= 11 is 0. The van der Waals surface area contributed by atoms with Gasteiger partial charge in [0.25, 0.3) is 0 Å². The highest BCUT2D eigenvalue weighted by Gasteiger charge is 2.38. The van der Waals surface area contributed by atoms with E-state index in [1.165, 1.54) is 19.0 Å². The number of alkyl halides is 1. The molecular weight excluding hydrogens is 497 g/mol. The Hall–Kier alpha value is -3.13. The highest BCUT2D eigenvalue weighted by Crippen LogP contribution is 2.37. The molecule has 8 nitrogen and oxygen atoms in total. The first-order valence-electron chi connectivity index (χ1n) is 10.4. The van der Waals surface area contributed by atoms with Crippen LogP contribution in [-0.4, -0.2) is 68.0 Å². The van der Waals surface area contributed by atoms with E-state index in [9.17, 15) is 30.4 Å². The van der Waals surface area contributed by atoms with Crippen LogP contribution in [0.1, 0.15) is 18.2 Å². The third-order valence-electron chi connectivity index (χ3n) is 5.62. The maximum absolute atomic E-state index is 14.5. The minimum absolute atomic E-state index is 0.0165. The lowest BCUT2D eigenvalue weighted by atomic mass is 9.98. The van der Waals surface area contributed by atoms with Crippen molar-refractivity contribution in [2.75, 3.05) is 27.2 Å². The van der Waals surface area contributed by atoms with Crippen molar-refractivity contribution in [3.05, 3.63) is 53.4 Å². The highest BCUT2D eigenvalue weighted by atomic mass is 32.2. The lowest BCUT2D eigenvalue weighted by Crippen LogP contribution is -2.28. The molecule has 3 atom stereocenters. The number of amidine groups is 1. The van der Waals surface area contributed by atoms with Crippen LogP contribution in [0.3, 0.4) is 0 Å². The van der Waals surface area contributed by atoms with Gasteiger partial charge in [-0.25, -0.2) is 22.0 Å². The van der Waals surface area contributed by atoms with Crippen molar-refractivity contribution in [3.63, 3.8) is 0 Å². The number of pyridine rings is 1. The summed E-state index contributed by atoms with van der Waals surface area (Å²) in [6, 6.07) is 1.79. The number of hydrogen-bond donors (Lipinski definition) is 0. The van der Waals surface area contributed by atoms with E-state index in [4.69, 9.17) is 4.84 Å². The van der Waals surface area contributed by atoms with Gasteiger partial charge in [-0.3, -0.25) is 4.98 Å². The molecule has 2 aromatic rings. The molecule has 188 valence electrons. The topological polar surface area (TPSA) is 87.5 Å². The number of oxime groups is 1. The molecule has 1 aromatic heterocycles. The van der Waals surface area contributed by atoms with Crippen LogP contribution < -0.4 is 0 Å². The Kier molecular flexibility index (Phi) is 6.77. The van der Waals surface area contributed by atoms with Crippen molar-refractivity contribution >= 4 is 22.3 Å². The van der Waals surface area contributed by atoms with Crippen LogP contribution in [0, 0.1) is 29.2 Å². The SMILES string of the molecule is CN(C)S(=O)(=O)N=CC1CN(C2=NOC(c3ncc(F)cc3-c3c(F)cc(F)cc3F)C2)C[C@@H]1F. The predicted octanol–water partition coefficient (Wildman–Crippen LogP) is 3.23. The van der Waals surface area contributed by atoms with E-state index in [1.807, 2.05) is 0 Å². The van der Waals surface area contributed by atoms with Gasteiger partial charge < -0.3 is 9.74 Å². The fourth-order valence-corrected chi connectivity index (χ4v) is 4.29. The van der Waals surface area contributed by atoms with Crippen LogP contribution in [0.15, 0.2) is 33.9 Å². The second-order valence-corrected chi connectivity index (χ2v) is 10.1. The standard InChI is InChI=1S/C21H20F5N5O3S/c1-30(2)35(32,33)28-7-11-9-31(10-17(11)26)19-6-18(34-29-19)21-14(3-13(23)8-27-21)20-15(24)4-12(22)5-16(20)25/h3-5,7-8,11,17-18H,6,9-10H2,1-2H3/t11?,17-,18?/m0/s1. The van der Waals surface area contributed by atoms with Crippen molar-refractivity contribution in [2.45, 2.75) is 18.7 Å². The summed E-state index contributed by atoms with van der Waals surface area (Å²) in [4.78, 5) is 10.8. The Balaban J connectivity index is 1.54. The minimum Gasteiger partial charge on any atom is -0.384 e. The van der Waals surface area contributed by atoms with Gasteiger partial charge in [0.05, 0.1) is 30.4 Å². The smallest absolute Gasteiger partial charge is 0.321 e. The number of benzene rings is 1. The number of hydrogen-bond acceptors (Lipinski definition) is 6. The van der Waals surface area contributed by atoms with E-state index in [2.05, 4.69) is 14.5 Å². The van der Waals surface area contributed by atoms with E-state index in [0.29, 0.717) is 18.0 Å². The normalized spacial score (nSPS) is 22.8. The van der Waals surface area contributed by atoms with Gasteiger partial charge in [0.1, 0.15) is 35.3 Å². The third-order valence-corrected chi connectivity index (χ3v) is 6.93. The number of aromatic nitrogens is 1. The Labute approximate surface area is 197 Å². The van der Waals surface area contributed by atoms with Gasteiger partial charge in [-0.15, -0.1) is 0 Å². The van der Waals surface area contributed by atoms with Crippen molar-refractivity contribution in [1.29, 1.82) is 0 Å². The van der Waals surface area contributed by atoms with Gasteiger partial charge in [-0.1, -0.05) is 5.16 Å². The Morgan fingerprint density at radius 1 is 1.11 bits per heavy atom. The first-order valence-corrected chi connectivity index (χ1v) is 11.8. The van der Waals surface area contributed by atoms with E-state index in [-0.39, 0.29) is 30.8 Å². The fourth-order valence-electron chi connectivity index (χ4n) is 3.79. The van der Waals surface area contributed by atoms with Crippen LogP contribution in [0.4, 0.5) is 22.0 Å². The summed E-state index contributed by atoms with van der Waals surface area (Å²) in [5, 5.41) is 3.92. The quantitative estimate of drug-likeness (QED) is 0.449. The minimum atomic E-state index is -3.90. The van der Waals surface area contributed by atoms with E-state index >= 15 is 0 Å². The monoisotopic (exact) mass is 517 g/mol. The van der Waals surface area contributed by atoms with Crippen LogP contribution in [0.5, 0.6) is 0 Å². The maximum Gasteiger partial charge on any atom is 0.321 e. The zero-order valence-corrected chi connectivity index (χ0v) is 19.3. The third kappa shape index (κ3) is 5.12. The van der Waals surface area contributed by atoms with Crippen molar-refractivity contribution in [3.8, 4) is 11.1 Å². The molecule has 4 rings (SSSR count). The van der Waals surface area contributed by atoms with Gasteiger partial charge in [0.15, 0.2) is 6.10 Å². The number of nitrogens with zero attached hydrogens (tertiary/aromatic N) is 5. The first kappa shape index (κ1) is 25.0.